The fourth-order valence-corrected chi connectivity index (χ4v) is 3.17. The van der Waals surface area contributed by atoms with Gasteiger partial charge in [0.05, 0.1) is 6.04 Å². The molecule has 0 aromatic heterocycles. The molecule has 0 spiro atoms. The summed E-state index contributed by atoms with van der Waals surface area (Å²) in [5, 5.41) is 2.45. The molecule has 0 saturated carbocycles. The Hall–Kier alpha value is -2.32. The Kier molecular flexibility index (Phi) is 2.90. The van der Waals surface area contributed by atoms with E-state index in [1.807, 2.05) is 18.2 Å². The van der Waals surface area contributed by atoms with Gasteiger partial charge >= 0.3 is 0 Å². The second-order valence-electron chi connectivity index (χ2n) is 5.58. The van der Waals surface area contributed by atoms with E-state index in [0.29, 0.717) is 0 Å². The van der Waals surface area contributed by atoms with Crippen LogP contribution in [-0.4, -0.2) is 6.04 Å². The summed E-state index contributed by atoms with van der Waals surface area (Å²) in [5.74, 6) is 0.956. The highest BCUT2D eigenvalue weighted by atomic mass is 16.5. The van der Waals surface area contributed by atoms with Crippen molar-refractivity contribution in [2.45, 2.75) is 18.6 Å². The first-order valence-corrected chi connectivity index (χ1v) is 7.31. The molecule has 2 N–H and O–H groups in total. The molecule has 3 aromatic rings. The average Bonchev–Trinajstić information content (AvgIpc) is 2.54. The van der Waals surface area contributed by atoms with Gasteiger partial charge in [-0.3, -0.25) is 0 Å². The van der Waals surface area contributed by atoms with Gasteiger partial charge in [-0.1, -0.05) is 60.7 Å². The molecule has 2 heteroatoms. The van der Waals surface area contributed by atoms with Crippen LogP contribution in [0.1, 0.15) is 17.2 Å². The molecular weight excluding hydrogens is 258 g/mol. The number of rotatable bonds is 1. The van der Waals surface area contributed by atoms with E-state index < -0.39 is 0 Å². The van der Waals surface area contributed by atoms with Crippen molar-refractivity contribution in [3.63, 3.8) is 0 Å². The van der Waals surface area contributed by atoms with Crippen LogP contribution in [0.25, 0.3) is 10.8 Å². The van der Waals surface area contributed by atoms with E-state index in [1.165, 1.54) is 21.9 Å². The van der Waals surface area contributed by atoms with Gasteiger partial charge < -0.3 is 10.5 Å². The minimum Gasteiger partial charge on any atom is -0.484 e. The van der Waals surface area contributed by atoms with Crippen molar-refractivity contribution in [2.75, 3.05) is 0 Å². The fraction of sp³-hybridized carbons (Fsp3) is 0.158. The van der Waals surface area contributed by atoms with Crippen LogP contribution in [0.15, 0.2) is 66.7 Å². The average molecular weight is 275 g/mol. The summed E-state index contributed by atoms with van der Waals surface area (Å²) in [5.41, 5.74) is 8.76. The van der Waals surface area contributed by atoms with Gasteiger partial charge in [0.15, 0.2) is 0 Å². The highest BCUT2D eigenvalue weighted by Gasteiger charge is 2.29. The summed E-state index contributed by atoms with van der Waals surface area (Å²) in [7, 11) is 0. The van der Waals surface area contributed by atoms with Crippen molar-refractivity contribution >= 4 is 10.8 Å². The van der Waals surface area contributed by atoms with Gasteiger partial charge in [-0.25, -0.2) is 0 Å². The predicted molar refractivity (Wildman–Crippen MR) is 85.4 cm³/mol. The van der Waals surface area contributed by atoms with Crippen LogP contribution in [0.4, 0.5) is 0 Å². The third-order valence-corrected chi connectivity index (χ3v) is 4.20. The lowest BCUT2D eigenvalue weighted by Gasteiger charge is -2.32. The largest absolute Gasteiger partial charge is 0.484 e. The second kappa shape index (κ2) is 4.90. The summed E-state index contributed by atoms with van der Waals surface area (Å²) < 4.78 is 6.21. The smallest absolute Gasteiger partial charge is 0.140 e. The van der Waals surface area contributed by atoms with Crippen LogP contribution in [0.5, 0.6) is 5.75 Å². The number of hydrogen-bond donors (Lipinski definition) is 1. The van der Waals surface area contributed by atoms with E-state index in [2.05, 4.69) is 48.5 Å². The third-order valence-electron chi connectivity index (χ3n) is 4.20. The maximum atomic E-state index is 6.39. The molecule has 0 radical (unpaired) electrons. The number of nitrogens with two attached hydrogens (primary N) is 1. The molecule has 0 amide bonds. The minimum atomic E-state index is -0.0917. The Labute approximate surface area is 124 Å². The maximum Gasteiger partial charge on any atom is 0.140 e. The monoisotopic (exact) mass is 275 g/mol. The van der Waals surface area contributed by atoms with Gasteiger partial charge in [0.2, 0.25) is 0 Å². The first kappa shape index (κ1) is 12.4. The number of fused-ring (bicyclic) bond motifs is 2. The number of hydrogen-bond acceptors (Lipinski definition) is 2. The molecule has 0 fully saturated rings. The number of ether oxygens (including phenoxy) is 1. The zero-order valence-corrected chi connectivity index (χ0v) is 11.7. The molecule has 1 aliphatic heterocycles. The molecule has 1 heterocycles. The van der Waals surface area contributed by atoms with Crippen LogP contribution in [0.2, 0.25) is 0 Å². The van der Waals surface area contributed by atoms with Crippen molar-refractivity contribution in [2.24, 2.45) is 5.73 Å². The first-order valence-electron chi connectivity index (χ1n) is 7.31. The maximum absolute atomic E-state index is 6.39. The topological polar surface area (TPSA) is 35.2 Å². The van der Waals surface area contributed by atoms with Crippen molar-refractivity contribution < 1.29 is 4.74 Å². The van der Waals surface area contributed by atoms with Crippen molar-refractivity contribution in [1.82, 2.24) is 0 Å². The van der Waals surface area contributed by atoms with Gasteiger partial charge in [0, 0.05) is 5.56 Å². The minimum absolute atomic E-state index is 0.0225. The molecule has 104 valence electrons. The highest BCUT2D eigenvalue weighted by molar-refractivity contribution is 5.86. The Bertz CT molecular complexity index is 791. The molecule has 2 atom stereocenters. The molecule has 0 unspecified atom stereocenters. The molecule has 21 heavy (non-hydrogen) atoms. The zero-order chi connectivity index (χ0) is 14.2. The molecular formula is C19H17NO. The standard InChI is InChI=1S/C19H17NO/c20-17-12-14-7-2-4-11-18(14)21-19(17)16-10-5-8-13-6-1-3-9-15(13)16/h1-11,17,19H,12,20H2/t17-,19-/m0/s1. The molecule has 0 aliphatic carbocycles. The summed E-state index contributed by atoms with van der Waals surface area (Å²) in [6, 6.07) is 22.9. The first-order chi connectivity index (χ1) is 10.3. The lowest BCUT2D eigenvalue weighted by Crippen LogP contribution is -2.37. The normalized spacial score (nSPS) is 20.8. The third kappa shape index (κ3) is 2.08. The zero-order valence-electron chi connectivity index (χ0n) is 11.7. The predicted octanol–water partition coefficient (Wildman–Crippen LogP) is 3.84. The Morgan fingerprint density at radius 3 is 2.57 bits per heavy atom. The quantitative estimate of drug-likeness (QED) is 0.732. The molecule has 3 aromatic carbocycles. The van der Waals surface area contributed by atoms with Crippen molar-refractivity contribution in [1.29, 1.82) is 0 Å². The van der Waals surface area contributed by atoms with E-state index in [9.17, 15) is 0 Å². The van der Waals surface area contributed by atoms with E-state index in [0.717, 1.165) is 12.2 Å². The SMILES string of the molecule is N[C@H]1Cc2ccccc2O[C@H]1c1cccc2ccccc12. The van der Waals surface area contributed by atoms with Crippen molar-refractivity contribution in [3.8, 4) is 5.75 Å². The summed E-state index contributed by atoms with van der Waals surface area (Å²) >= 11 is 0. The van der Waals surface area contributed by atoms with Crippen LogP contribution in [0.3, 0.4) is 0 Å². The number of para-hydroxylation sites is 1. The van der Waals surface area contributed by atoms with Gasteiger partial charge in [-0.2, -0.15) is 0 Å². The van der Waals surface area contributed by atoms with Crippen LogP contribution in [-0.2, 0) is 6.42 Å². The summed E-state index contributed by atoms with van der Waals surface area (Å²) in [6.07, 6.45) is 0.760. The lowest BCUT2D eigenvalue weighted by atomic mass is 9.90. The Morgan fingerprint density at radius 1 is 0.857 bits per heavy atom. The van der Waals surface area contributed by atoms with Crippen LogP contribution < -0.4 is 10.5 Å². The molecule has 2 nitrogen and oxygen atoms in total. The summed E-state index contributed by atoms with van der Waals surface area (Å²) in [6.45, 7) is 0. The van der Waals surface area contributed by atoms with E-state index in [4.69, 9.17) is 10.5 Å². The summed E-state index contributed by atoms with van der Waals surface area (Å²) in [4.78, 5) is 0. The lowest BCUT2D eigenvalue weighted by molar-refractivity contribution is 0.155. The fourth-order valence-electron chi connectivity index (χ4n) is 3.17. The highest BCUT2D eigenvalue weighted by Crippen LogP contribution is 2.36. The van der Waals surface area contributed by atoms with E-state index in [-0.39, 0.29) is 12.1 Å². The van der Waals surface area contributed by atoms with Gasteiger partial charge in [-0.05, 0) is 28.8 Å². The molecule has 1 aliphatic rings. The molecule has 0 saturated heterocycles. The van der Waals surface area contributed by atoms with E-state index in [1.54, 1.807) is 0 Å². The van der Waals surface area contributed by atoms with E-state index >= 15 is 0 Å². The molecule has 0 bridgehead atoms. The van der Waals surface area contributed by atoms with Gasteiger partial charge in [-0.15, -0.1) is 0 Å². The van der Waals surface area contributed by atoms with Crippen LogP contribution in [0, 0.1) is 0 Å². The Balaban J connectivity index is 1.82. The van der Waals surface area contributed by atoms with Gasteiger partial charge in [0.1, 0.15) is 11.9 Å². The second-order valence-corrected chi connectivity index (χ2v) is 5.58. The van der Waals surface area contributed by atoms with Crippen molar-refractivity contribution in [3.05, 3.63) is 77.9 Å². The Morgan fingerprint density at radius 2 is 1.62 bits per heavy atom. The molecule has 4 rings (SSSR count). The van der Waals surface area contributed by atoms with Gasteiger partial charge in [0.25, 0.3) is 0 Å². The number of benzene rings is 3. The van der Waals surface area contributed by atoms with Crippen LogP contribution >= 0.6 is 0 Å².